The van der Waals surface area contributed by atoms with Crippen LogP contribution in [-0.4, -0.2) is 26.1 Å². The fourth-order valence-electron chi connectivity index (χ4n) is 1.59. The van der Waals surface area contributed by atoms with Crippen LogP contribution in [0, 0.1) is 0 Å². The first-order valence-electron chi connectivity index (χ1n) is 6.33. The summed E-state index contributed by atoms with van der Waals surface area (Å²) in [5.74, 6) is 1.31. The molecule has 0 saturated heterocycles. The van der Waals surface area contributed by atoms with Crippen LogP contribution in [0.4, 0.5) is 0 Å². The number of rotatable bonds is 9. The molecular weight excluding hydrogens is 232 g/mol. The quantitative estimate of drug-likeness (QED) is 0.275. The van der Waals surface area contributed by atoms with Gasteiger partial charge in [-0.05, 0) is 26.1 Å². The van der Waals surface area contributed by atoms with E-state index < -0.39 is 14.4 Å². The molecule has 0 fully saturated rings. The highest BCUT2D eigenvalue weighted by molar-refractivity contribution is 6.69. The first-order valence-corrected chi connectivity index (χ1v) is 9.74. The van der Waals surface area contributed by atoms with Gasteiger partial charge < -0.3 is 4.43 Å². The van der Waals surface area contributed by atoms with Crippen LogP contribution in [-0.2, 0) is 14.0 Å². The Labute approximate surface area is 105 Å². The van der Waals surface area contributed by atoms with Gasteiger partial charge in [-0.25, -0.2) is 4.79 Å². The van der Waals surface area contributed by atoms with Gasteiger partial charge in [0.25, 0.3) is 0 Å². The predicted molar refractivity (Wildman–Crippen MR) is 72.2 cm³/mol. The van der Waals surface area contributed by atoms with Gasteiger partial charge in [-0.3, -0.25) is 4.79 Å². The Morgan fingerprint density at radius 2 is 1.94 bits per heavy atom. The fourth-order valence-corrected chi connectivity index (χ4v) is 2.68. The van der Waals surface area contributed by atoms with Crippen molar-refractivity contribution in [2.24, 2.45) is 0 Å². The molecule has 0 aromatic carbocycles. The summed E-state index contributed by atoms with van der Waals surface area (Å²) < 4.78 is 5.81. The van der Waals surface area contributed by atoms with Crippen LogP contribution in [0.25, 0.3) is 0 Å². The van der Waals surface area contributed by atoms with Gasteiger partial charge in [-0.1, -0.05) is 32.6 Å². The molecule has 0 aliphatic carbocycles. The maximum atomic E-state index is 11.7. The van der Waals surface area contributed by atoms with Crippen molar-refractivity contribution in [3.8, 4) is 0 Å². The molecular formula is C13H24O3Si. The fraction of sp³-hybridized carbons (Fsp3) is 0.769. The Morgan fingerprint density at radius 3 is 2.41 bits per heavy atom. The van der Waals surface area contributed by atoms with E-state index in [4.69, 9.17) is 4.43 Å². The van der Waals surface area contributed by atoms with E-state index in [9.17, 15) is 9.59 Å². The van der Waals surface area contributed by atoms with Crippen LogP contribution < -0.4 is 0 Å². The number of hydrogen-bond donors (Lipinski definition) is 0. The van der Waals surface area contributed by atoms with Crippen molar-refractivity contribution in [1.29, 1.82) is 0 Å². The van der Waals surface area contributed by atoms with Crippen LogP contribution in [0.3, 0.4) is 0 Å². The maximum absolute atomic E-state index is 11.7. The van der Waals surface area contributed by atoms with E-state index in [1.54, 1.807) is 5.94 Å². The van der Waals surface area contributed by atoms with Gasteiger partial charge >= 0.3 is 0 Å². The maximum Gasteiger partial charge on any atom is 0.194 e. The highest BCUT2D eigenvalue weighted by atomic mass is 28.4. The van der Waals surface area contributed by atoms with Crippen molar-refractivity contribution >= 4 is 20.0 Å². The summed E-state index contributed by atoms with van der Waals surface area (Å²) in [4.78, 5) is 21.9. The van der Waals surface area contributed by atoms with Crippen LogP contribution in [0.2, 0.25) is 19.6 Å². The molecule has 0 rings (SSSR count). The molecule has 0 amide bonds. The van der Waals surface area contributed by atoms with Gasteiger partial charge in [0, 0.05) is 0 Å². The Kier molecular flexibility index (Phi) is 8.05. The van der Waals surface area contributed by atoms with Crippen molar-refractivity contribution < 1.29 is 14.0 Å². The smallest absolute Gasteiger partial charge is 0.194 e. The third-order valence-corrected chi connectivity index (χ3v) is 3.33. The average Bonchev–Trinajstić information content (AvgIpc) is 2.21. The van der Waals surface area contributed by atoms with E-state index in [2.05, 4.69) is 6.92 Å². The van der Waals surface area contributed by atoms with Crippen LogP contribution in [0.1, 0.15) is 39.0 Å². The molecule has 1 atom stereocenters. The van der Waals surface area contributed by atoms with Crippen LogP contribution in [0.15, 0.2) is 6.08 Å². The van der Waals surface area contributed by atoms with Crippen molar-refractivity contribution in [1.82, 2.24) is 0 Å². The van der Waals surface area contributed by atoms with Crippen molar-refractivity contribution in [2.75, 3.05) is 0 Å². The zero-order valence-electron chi connectivity index (χ0n) is 11.4. The average molecular weight is 256 g/mol. The monoisotopic (exact) mass is 256 g/mol. The van der Waals surface area contributed by atoms with Gasteiger partial charge in [-0.2, -0.15) is 0 Å². The summed E-state index contributed by atoms with van der Waals surface area (Å²) in [6, 6.07) is 0. The molecule has 17 heavy (non-hydrogen) atoms. The molecule has 0 aliphatic rings. The molecule has 0 aliphatic heterocycles. The van der Waals surface area contributed by atoms with E-state index in [1.807, 2.05) is 19.6 Å². The molecule has 4 heteroatoms. The van der Waals surface area contributed by atoms with E-state index in [-0.39, 0.29) is 5.78 Å². The van der Waals surface area contributed by atoms with Gasteiger partial charge in [0.1, 0.15) is 12.0 Å². The highest BCUT2D eigenvalue weighted by Gasteiger charge is 2.25. The van der Waals surface area contributed by atoms with E-state index in [1.165, 1.54) is 12.8 Å². The molecule has 0 aromatic heterocycles. The number of carbonyl (C=O) groups excluding carboxylic acids is 2. The van der Waals surface area contributed by atoms with Gasteiger partial charge in [0.15, 0.2) is 14.1 Å². The molecule has 0 radical (unpaired) electrons. The normalized spacial score (nSPS) is 12.9. The first-order chi connectivity index (χ1) is 7.90. The van der Waals surface area contributed by atoms with Crippen molar-refractivity contribution in [3.63, 3.8) is 0 Å². The lowest BCUT2D eigenvalue weighted by atomic mass is 10.1. The minimum atomic E-state index is -1.75. The molecule has 0 bridgehead atoms. The van der Waals surface area contributed by atoms with E-state index in [0.29, 0.717) is 6.42 Å². The Bertz CT molecular complexity index is 275. The summed E-state index contributed by atoms with van der Waals surface area (Å²) >= 11 is 0. The minimum absolute atomic E-state index is 0.237. The summed E-state index contributed by atoms with van der Waals surface area (Å²) in [7, 11) is -1.75. The van der Waals surface area contributed by atoms with E-state index >= 15 is 0 Å². The highest BCUT2D eigenvalue weighted by Crippen LogP contribution is 2.15. The number of hydrogen-bond acceptors (Lipinski definition) is 3. The first kappa shape index (κ1) is 16.3. The van der Waals surface area contributed by atoms with Gasteiger partial charge in [-0.15, -0.1) is 0 Å². The Hall–Kier alpha value is -0.703. The molecule has 0 N–H and O–H groups in total. The number of ketones is 1. The summed E-state index contributed by atoms with van der Waals surface area (Å²) in [5, 5.41) is 0. The van der Waals surface area contributed by atoms with Crippen LogP contribution >= 0.6 is 0 Å². The molecule has 0 aromatic rings. The molecule has 1 unspecified atom stereocenters. The van der Waals surface area contributed by atoms with Crippen molar-refractivity contribution in [2.45, 2.75) is 64.8 Å². The molecule has 0 saturated carbocycles. The van der Waals surface area contributed by atoms with Crippen LogP contribution in [0.5, 0.6) is 0 Å². The number of unbranched alkanes of at least 4 members (excludes halogenated alkanes) is 3. The third-order valence-electron chi connectivity index (χ3n) is 2.33. The molecule has 98 valence electrons. The van der Waals surface area contributed by atoms with Gasteiger partial charge in [0.05, 0.1) is 6.08 Å². The standard InChI is InChI=1S/C13H24O3Si/c1-5-6-7-8-9-13(12(15)10-11-14)16-17(2,3)4/h10,13H,5-9H2,1-4H3. The zero-order valence-corrected chi connectivity index (χ0v) is 12.4. The lowest BCUT2D eigenvalue weighted by molar-refractivity contribution is -0.121. The zero-order chi connectivity index (χ0) is 13.3. The summed E-state index contributed by atoms with van der Waals surface area (Å²) in [5.41, 5.74) is 0. The lowest BCUT2D eigenvalue weighted by Crippen LogP contribution is -2.36. The summed E-state index contributed by atoms with van der Waals surface area (Å²) in [6.45, 7) is 8.29. The largest absolute Gasteiger partial charge is 0.407 e. The Morgan fingerprint density at radius 1 is 1.29 bits per heavy atom. The third kappa shape index (κ3) is 9.04. The predicted octanol–water partition coefficient (Wildman–Crippen LogP) is 3.13. The summed E-state index contributed by atoms with van der Waals surface area (Å²) in [6.07, 6.45) is 5.66. The van der Waals surface area contributed by atoms with E-state index in [0.717, 1.165) is 18.9 Å². The Balaban J connectivity index is 4.30. The number of carbonyl (C=O) groups is 1. The minimum Gasteiger partial charge on any atom is -0.407 e. The second-order valence-electron chi connectivity index (χ2n) is 5.23. The molecule has 0 heterocycles. The lowest BCUT2D eigenvalue weighted by Gasteiger charge is -2.24. The SMILES string of the molecule is CCCCCCC(O[Si](C)(C)C)C(=O)C=C=O. The molecule has 3 nitrogen and oxygen atoms in total. The van der Waals surface area contributed by atoms with Gasteiger partial charge in [0.2, 0.25) is 0 Å². The topological polar surface area (TPSA) is 43.4 Å². The second kappa shape index (κ2) is 8.40. The second-order valence-corrected chi connectivity index (χ2v) is 9.69. The van der Waals surface area contributed by atoms with Crippen molar-refractivity contribution in [3.05, 3.63) is 6.08 Å². The molecule has 0 spiro atoms.